The van der Waals surface area contributed by atoms with E-state index in [1.807, 2.05) is 25.9 Å². The number of carbonyl (C=O) groups excluding carboxylic acids is 1. The van der Waals surface area contributed by atoms with Crippen molar-refractivity contribution in [1.82, 2.24) is 9.80 Å². The van der Waals surface area contributed by atoms with Crippen LogP contribution in [0.2, 0.25) is 0 Å². The molecule has 0 saturated carbocycles. The minimum atomic E-state index is -0.960. The van der Waals surface area contributed by atoms with Crippen LogP contribution in [-0.4, -0.2) is 54.0 Å². The number of nitrogens with zero attached hydrogens (tertiary/aromatic N) is 2. The van der Waals surface area contributed by atoms with Gasteiger partial charge in [-0.25, -0.2) is 4.79 Å². The van der Waals surface area contributed by atoms with E-state index in [1.165, 1.54) is 4.90 Å². The van der Waals surface area contributed by atoms with E-state index in [1.54, 1.807) is 6.08 Å². The molecule has 0 aromatic carbocycles. The molecule has 1 amide bonds. The van der Waals surface area contributed by atoms with Gasteiger partial charge in [-0.2, -0.15) is 0 Å². The van der Waals surface area contributed by atoms with Crippen molar-refractivity contribution in [3.8, 4) is 0 Å². The Bertz CT molecular complexity index is 413. The van der Waals surface area contributed by atoms with E-state index >= 15 is 0 Å². The van der Waals surface area contributed by atoms with Crippen LogP contribution in [-0.2, 0) is 4.79 Å². The number of allylic oxidation sites excluding steroid dienone is 2. The number of hydrogen-bond acceptors (Lipinski definition) is 3. The molecule has 0 aromatic rings. The van der Waals surface area contributed by atoms with Gasteiger partial charge in [0.25, 0.3) is 0 Å². The molecule has 0 radical (unpaired) electrons. The topological polar surface area (TPSA) is 60.9 Å². The van der Waals surface area contributed by atoms with Crippen LogP contribution < -0.4 is 0 Å². The predicted octanol–water partition coefficient (Wildman–Crippen LogP) is 2.05. The molecule has 1 fully saturated rings. The Morgan fingerprint density at radius 2 is 1.74 bits per heavy atom. The third-order valence-electron chi connectivity index (χ3n) is 3.46. The molecule has 5 nitrogen and oxygen atoms in total. The number of carbonyl (C=O) groups is 2. The zero-order chi connectivity index (χ0) is 15.0. The highest BCUT2D eigenvalue weighted by molar-refractivity contribution is 5.97. The number of amides is 1. The molecule has 1 heterocycles. The van der Waals surface area contributed by atoms with Crippen molar-refractivity contribution in [3.05, 3.63) is 11.8 Å². The minimum Gasteiger partial charge on any atom is -0.465 e. The van der Waals surface area contributed by atoms with Crippen LogP contribution in [0.15, 0.2) is 11.8 Å². The first-order valence-corrected chi connectivity index (χ1v) is 6.39. The molecule has 0 unspecified atom stereocenters. The molecule has 1 rings (SSSR count). The number of likely N-dealkylation sites (tertiary alicyclic amines) is 1. The van der Waals surface area contributed by atoms with Crippen molar-refractivity contribution in [2.75, 3.05) is 27.2 Å². The van der Waals surface area contributed by atoms with Crippen LogP contribution in [0.25, 0.3) is 0 Å². The largest absolute Gasteiger partial charge is 0.465 e. The molecule has 19 heavy (non-hydrogen) atoms. The van der Waals surface area contributed by atoms with Crippen molar-refractivity contribution < 1.29 is 14.7 Å². The smallest absolute Gasteiger partial charge is 0.407 e. The van der Waals surface area contributed by atoms with E-state index in [2.05, 4.69) is 20.8 Å². The molecule has 0 aromatic heterocycles. The number of carboxylic acid groups (broad SMARTS) is 1. The lowest BCUT2D eigenvalue weighted by Crippen LogP contribution is -2.60. The fourth-order valence-electron chi connectivity index (χ4n) is 2.40. The molecular weight excluding hydrogens is 244 g/mol. The van der Waals surface area contributed by atoms with Crippen molar-refractivity contribution in [2.45, 2.75) is 27.7 Å². The maximum absolute atomic E-state index is 12.4. The van der Waals surface area contributed by atoms with Crippen LogP contribution in [0, 0.1) is 10.8 Å². The highest BCUT2D eigenvalue weighted by Gasteiger charge is 2.46. The molecule has 108 valence electrons. The van der Waals surface area contributed by atoms with Gasteiger partial charge in [0.15, 0.2) is 5.78 Å². The summed E-state index contributed by atoms with van der Waals surface area (Å²) >= 11 is 0. The second kappa shape index (κ2) is 4.87. The first kappa shape index (κ1) is 15.5. The Labute approximate surface area is 114 Å². The predicted molar refractivity (Wildman–Crippen MR) is 73.9 cm³/mol. The third kappa shape index (κ3) is 3.28. The fraction of sp³-hybridized carbons (Fsp3) is 0.714. The summed E-state index contributed by atoms with van der Waals surface area (Å²) in [6.07, 6.45) is 0.706. The third-order valence-corrected chi connectivity index (χ3v) is 3.46. The van der Waals surface area contributed by atoms with Gasteiger partial charge in [0.05, 0.1) is 5.41 Å². The second-order valence-electron chi connectivity index (χ2n) is 6.74. The standard InChI is InChI=1S/C14H24N2O3/c1-13(2,3)10(15(5)6)7-11(17)14(4)8-16(9-14)12(18)19/h7H,8-9H2,1-6H3,(H,18,19)/b10-7+. The maximum Gasteiger partial charge on any atom is 0.407 e. The maximum atomic E-state index is 12.4. The van der Waals surface area contributed by atoms with E-state index in [4.69, 9.17) is 5.11 Å². The van der Waals surface area contributed by atoms with Crippen LogP contribution >= 0.6 is 0 Å². The van der Waals surface area contributed by atoms with E-state index in [-0.39, 0.29) is 24.3 Å². The molecule has 0 aliphatic carbocycles. The zero-order valence-electron chi connectivity index (χ0n) is 12.6. The molecule has 0 atom stereocenters. The first-order chi connectivity index (χ1) is 8.47. The highest BCUT2D eigenvalue weighted by atomic mass is 16.4. The Morgan fingerprint density at radius 3 is 2.05 bits per heavy atom. The Kier molecular flexibility index (Phi) is 3.98. The van der Waals surface area contributed by atoms with Gasteiger partial charge in [-0.15, -0.1) is 0 Å². The summed E-state index contributed by atoms with van der Waals surface area (Å²) in [6.45, 7) is 8.54. The average Bonchev–Trinajstić information content (AvgIpc) is 2.18. The SMILES string of the molecule is CN(C)/C(=C/C(=O)C1(C)CN(C(=O)O)C1)C(C)(C)C. The second-order valence-corrected chi connectivity index (χ2v) is 6.74. The number of rotatable bonds is 3. The van der Waals surface area contributed by atoms with Crippen molar-refractivity contribution in [2.24, 2.45) is 10.8 Å². The fourth-order valence-corrected chi connectivity index (χ4v) is 2.40. The van der Waals surface area contributed by atoms with Gasteiger partial charge in [-0.05, 0) is 6.92 Å². The molecule has 0 bridgehead atoms. The van der Waals surface area contributed by atoms with Crippen molar-refractivity contribution in [1.29, 1.82) is 0 Å². The van der Waals surface area contributed by atoms with Crippen molar-refractivity contribution >= 4 is 11.9 Å². The van der Waals surface area contributed by atoms with Gasteiger partial charge in [0.1, 0.15) is 0 Å². The van der Waals surface area contributed by atoms with Crippen molar-refractivity contribution in [3.63, 3.8) is 0 Å². The lowest BCUT2D eigenvalue weighted by Gasteiger charge is -2.45. The summed E-state index contributed by atoms with van der Waals surface area (Å²) in [5.41, 5.74) is 0.254. The zero-order valence-corrected chi connectivity index (χ0v) is 12.6. The highest BCUT2D eigenvalue weighted by Crippen LogP contribution is 2.34. The summed E-state index contributed by atoms with van der Waals surface area (Å²) in [6, 6.07) is 0. The van der Waals surface area contributed by atoms with Crippen LogP contribution in [0.1, 0.15) is 27.7 Å². The molecule has 1 aliphatic heterocycles. The molecule has 1 saturated heterocycles. The van der Waals surface area contributed by atoms with E-state index in [0.717, 1.165) is 5.70 Å². The lowest BCUT2D eigenvalue weighted by molar-refractivity contribution is -0.130. The molecular formula is C14H24N2O3. The van der Waals surface area contributed by atoms with E-state index in [9.17, 15) is 9.59 Å². The summed E-state index contributed by atoms with van der Waals surface area (Å²) in [5, 5.41) is 8.84. The normalized spacial score (nSPS) is 18.8. The average molecular weight is 268 g/mol. The number of ketones is 1. The van der Waals surface area contributed by atoms with E-state index < -0.39 is 11.5 Å². The van der Waals surface area contributed by atoms with Crippen LogP contribution in [0.3, 0.4) is 0 Å². The lowest BCUT2D eigenvalue weighted by atomic mass is 9.76. The molecule has 5 heteroatoms. The molecule has 1 aliphatic rings. The Balaban J connectivity index is 2.87. The van der Waals surface area contributed by atoms with Gasteiger partial charge in [0.2, 0.25) is 0 Å². The summed E-state index contributed by atoms with van der Waals surface area (Å²) in [4.78, 5) is 26.3. The van der Waals surface area contributed by atoms with Gasteiger partial charge < -0.3 is 14.9 Å². The summed E-state index contributed by atoms with van der Waals surface area (Å²) in [5.74, 6) is 0.00336. The van der Waals surface area contributed by atoms with Gasteiger partial charge in [-0.1, -0.05) is 20.8 Å². The molecule has 1 N–H and O–H groups in total. The monoisotopic (exact) mass is 268 g/mol. The minimum absolute atomic E-state index is 0.00336. The quantitative estimate of drug-likeness (QED) is 0.796. The van der Waals surface area contributed by atoms with Crippen LogP contribution in [0.4, 0.5) is 4.79 Å². The van der Waals surface area contributed by atoms with Crippen LogP contribution in [0.5, 0.6) is 0 Å². The Morgan fingerprint density at radius 1 is 1.26 bits per heavy atom. The summed E-state index contributed by atoms with van der Waals surface area (Å²) < 4.78 is 0. The number of hydrogen-bond donors (Lipinski definition) is 1. The van der Waals surface area contributed by atoms with Gasteiger partial charge in [0, 0.05) is 44.4 Å². The first-order valence-electron chi connectivity index (χ1n) is 6.39. The molecule has 0 spiro atoms. The Hall–Kier alpha value is -1.52. The van der Waals surface area contributed by atoms with Gasteiger partial charge in [-0.3, -0.25) is 4.79 Å². The summed E-state index contributed by atoms with van der Waals surface area (Å²) in [7, 11) is 3.83. The van der Waals surface area contributed by atoms with Gasteiger partial charge >= 0.3 is 6.09 Å². The van der Waals surface area contributed by atoms with E-state index in [0.29, 0.717) is 0 Å².